The van der Waals surface area contributed by atoms with Gasteiger partial charge in [-0.3, -0.25) is 20.0 Å². The van der Waals surface area contributed by atoms with Gasteiger partial charge in [-0.25, -0.2) is 0 Å². The molecule has 0 spiro atoms. The smallest absolute Gasteiger partial charge is 0.271 e. The van der Waals surface area contributed by atoms with Crippen molar-refractivity contribution in [2.75, 3.05) is 5.32 Å². The van der Waals surface area contributed by atoms with Crippen molar-refractivity contribution < 1.29 is 14.7 Å². The molecule has 0 fully saturated rings. The van der Waals surface area contributed by atoms with E-state index in [-0.39, 0.29) is 23.8 Å². The minimum atomic E-state index is -0.911. The molecule has 10 heteroatoms. The van der Waals surface area contributed by atoms with Crippen molar-refractivity contribution in [2.45, 2.75) is 18.6 Å². The Morgan fingerprint density at radius 1 is 1.52 bits per heavy atom. The first-order valence-corrected chi connectivity index (χ1v) is 6.68. The maximum Gasteiger partial charge on any atom is 0.271 e. The third kappa shape index (κ3) is 4.17. The van der Waals surface area contributed by atoms with E-state index in [1.165, 1.54) is 24.5 Å². The Kier molecular flexibility index (Phi) is 4.76. The van der Waals surface area contributed by atoms with Crippen LogP contribution in [-0.4, -0.2) is 45.7 Å². The number of H-pyrrole nitrogens is 1. The molecule has 1 aliphatic rings. The standard InChI is InChI=1S/C13H17N7O3/c14-10(15)1-2-17-12(22)7-3-6(5-18-7)19-13(23)8-4-9(21)11(16)20-8/h1-3,5,8-9,18,21H,4H2,(H3,14,15)(H2,16,20)(H,17,22)(H,19,23)/b2-1-/t8-,9+/m0/s1. The van der Waals surface area contributed by atoms with Crippen LogP contribution in [0.3, 0.4) is 0 Å². The highest BCUT2D eigenvalue weighted by Gasteiger charge is 2.30. The van der Waals surface area contributed by atoms with Crippen LogP contribution in [0.25, 0.3) is 0 Å². The summed E-state index contributed by atoms with van der Waals surface area (Å²) >= 11 is 0. The zero-order valence-corrected chi connectivity index (χ0v) is 12.0. The topological polar surface area (TPSA) is 182 Å². The number of amidine groups is 2. The molecule has 9 N–H and O–H groups in total. The lowest BCUT2D eigenvalue weighted by Gasteiger charge is -2.06. The molecule has 1 aliphatic heterocycles. The van der Waals surface area contributed by atoms with E-state index < -0.39 is 24.0 Å². The molecule has 0 aromatic carbocycles. The predicted molar refractivity (Wildman–Crippen MR) is 84.0 cm³/mol. The van der Waals surface area contributed by atoms with Crippen LogP contribution < -0.4 is 22.1 Å². The fraction of sp³-hybridized carbons (Fsp3) is 0.231. The Balaban J connectivity index is 1.93. The lowest BCUT2D eigenvalue weighted by molar-refractivity contribution is -0.117. The fourth-order valence-electron chi connectivity index (χ4n) is 1.92. The number of aliphatic imine (C=N–C) groups is 1. The zero-order chi connectivity index (χ0) is 17.0. The van der Waals surface area contributed by atoms with Crippen molar-refractivity contribution in [1.29, 1.82) is 5.41 Å². The molecule has 0 aliphatic carbocycles. The van der Waals surface area contributed by atoms with Gasteiger partial charge in [0.1, 0.15) is 29.5 Å². The molecule has 0 bridgehead atoms. The molecule has 1 aromatic rings. The van der Waals surface area contributed by atoms with Crippen LogP contribution in [0.15, 0.2) is 29.5 Å². The summed E-state index contributed by atoms with van der Waals surface area (Å²) in [4.78, 5) is 30.3. The van der Waals surface area contributed by atoms with Crippen LogP contribution in [0.2, 0.25) is 0 Å². The molecule has 2 rings (SSSR count). The number of nitrogens with one attached hydrogen (secondary N) is 4. The summed E-state index contributed by atoms with van der Waals surface area (Å²) in [5.74, 6) is -1.03. The van der Waals surface area contributed by atoms with Crippen LogP contribution in [-0.2, 0) is 4.79 Å². The van der Waals surface area contributed by atoms with Crippen LogP contribution in [0.4, 0.5) is 5.69 Å². The summed E-state index contributed by atoms with van der Waals surface area (Å²) in [7, 11) is 0. The van der Waals surface area contributed by atoms with Gasteiger partial charge in [0, 0.05) is 18.8 Å². The SMILES string of the molecule is N=C(N)/C=C\NC(=O)c1cc(NC(=O)[C@@H]2C[C@@H](O)C(N)=N2)c[nH]1. The third-order valence-corrected chi connectivity index (χ3v) is 3.07. The van der Waals surface area contributed by atoms with Crippen molar-refractivity contribution in [3.8, 4) is 0 Å². The summed E-state index contributed by atoms with van der Waals surface area (Å²) in [6.45, 7) is 0. The van der Waals surface area contributed by atoms with Crippen molar-refractivity contribution in [1.82, 2.24) is 10.3 Å². The first kappa shape index (κ1) is 16.2. The van der Waals surface area contributed by atoms with Gasteiger partial charge in [0.25, 0.3) is 5.91 Å². The maximum atomic E-state index is 12.0. The number of rotatable bonds is 5. The Bertz CT molecular complexity index is 691. The summed E-state index contributed by atoms with van der Waals surface area (Å²) in [6, 6.07) is 0.684. The molecule has 1 aromatic heterocycles. The van der Waals surface area contributed by atoms with E-state index in [9.17, 15) is 14.7 Å². The van der Waals surface area contributed by atoms with Crippen molar-refractivity contribution in [2.24, 2.45) is 16.5 Å². The minimum Gasteiger partial charge on any atom is -0.385 e. The molecule has 2 atom stereocenters. The number of amides is 2. The minimum absolute atomic E-state index is 0.0385. The van der Waals surface area contributed by atoms with E-state index in [1.54, 1.807) is 0 Å². The average Bonchev–Trinajstić information content (AvgIpc) is 3.06. The maximum absolute atomic E-state index is 12.0. The highest BCUT2D eigenvalue weighted by atomic mass is 16.3. The second-order valence-electron chi connectivity index (χ2n) is 4.87. The molecule has 2 amide bonds. The molecule has 0 saturated heterocycles. The number of hydrogen-bond acceptors (Lipinski definition) is 6. The van der Waals surface area contributed by atoms with Gasteiger partial charge in [0.2, 0.25) is 5.91 Å². The Hall–Kier alpha value is -3.14. The van der Waals surface area contributed by atoms with Gasteiger partial charge in [0.15, 0.2) is 0 Å². The van der Waals surface area contributed by atoms with E-state index in [0.717, 1.165) is 0 Å². The van der Waals surface area contributed by atoms with Crippen LogP contribution in [0, 0.1) is 5.41 Å². The number of nitrogens with two attached hydrogens (primary N) is 2. The first-order valence-electron chi connectivity index (χ1n) is 6.68. The van der Waals surface area contributed by atoms with Gasteiger partial charge in [-0.2, -0.15) is 0 Å². The number of aliphatic hydroxyl groups excluding tert-OH is 1. The van der Waals surface area contributed by atoms with E-state index >= 15 is 0 Å². The highest BCUT2D eigenvalue weighted by molar-refractivity contribution is 6.01. The molecule has 122 valence electrons. The molecule has 0 radical (unpaired) electrons. The van der Waals surface area contributed by atoms with Gasteiger partial charge >= 0.3 is 0 Å². The first-order chi connectivity index (χ1) is 10.9. The molecule has 10 nitrogen and oxygen atoms in total. The number of anilines is 1. The van der Waals surface area contributed by atoms with Crippen LogP contribution >= 0.6 is 0 Å². The van der Waals surface area contributed by atoms with Gasteiger partial charge in [-0.15, -0.1) is 0 Å². The Labute approximate surface area is 131 Å². The van der Waals surface area contributed by atoms with E-state index in [4.69, 9.17) is 16.9 Å². The van der Waals surface area contributed by atoms with Crippen LogP contribution in [0.5, 0.6) is 0 Å². The van der Waals surface area contributed by atoms with Gasteiger partial charge in [0.05, 0.1) is 5.69 Å². The largest absolute Gasteiger partial charge is 0.385 e. The fourth-order valence-corrected chi connectivity index (χ4v) is 1.92. The van der Waals surface area contributed by atoms with E-state index in [2.05, 4.69) is 20.6 Å². The van der Waals surface area contributed by atoms with Crippen LogP contribution in [0.1, 0.15) is 16.9 Å². The molecule has 2 heterocycles. The second-order valence-corrected chi connectivity index (χ2v) is 4.87. The normalized spacial score (nSPS) is 20.3. The van der Waals surface area contributed by atoms with Gasteiger partial charge in [-0.1, -0.05) is 0 Å². The summed E-state index contributed by atoms with van der Waals surface area (Å²) < 4.78 is 0. The lowest BCUT2D eigenvalue weighted by atomic mass is 10.1. The number of aliphatic hydroxyl groups is 1. The Morgan fingerprint density at radius 3 is 2.87 bits per heavy atom. The third-order valence-electron chi connectivity index (χ3n) is 3.07. The monoisotopic (exact) mass is 319 g/mol. The second kappa shape index (κ2) is 6.75. The molecule has 23 heavy (non-hydrogen) atoms. The van der Waals surface area contributed by atoms with Crippen molar-refractivity contribution >= 4 is 29.2 Å². The highest BCUT2D eigenvalue weighted by Crippen LogP contribution is 2.16. The Morgan fingerprint density at radius 2 is 2.26 bits per heavy atom. The molecular formula is C13H17N7O3. The number of aromatic nitrogens is 1. The predicted octanol–water partition coefficient (Wildman–Crippen LogP) is -1.38. The number of hydrogen-bond donors (Lipinski definition) is 7. The van der Waals surface area contributed by atoms with Crippen molar-refractivity contribution in [3.05, 3.63) is 30.2 Å². The molecular weight excluding hydrogens is 302 g/mol. The number of carbonyl (C=O) groups excluding carboxylic acids is 2. The zero-order valence-electron chi connectivity index (χ0n) is 12.0. The van der Waals surface area contributed by atoms with E-state index in [1.807, 2.05) is 0 Å². The summed E-state index contributed by atoms with van der Waals surface area (Å²) in [5.41, 5.74) is 11.1. The van der Waals surface area contributed by atoms with Crippen molar-refractivity contribution in [3.63, 3.8) is 0 Å². The molecule has 0 saturated carbocycles. The quantitative estimate of drug-likeness (QED) is 0.260. The number of nitrogens with zero attached hydrogens (tertiary/aromatic N) is 1. The summed E-state index contributed by atoms with van der Waals surface area (Å²) in [5, 5.41) is 21.4. The lowest BCUT2D eigenvalue weighted by Crippen LogP contribution is -2.27. The van der Waals surface area contributed by atoms with Gasteiger partial charge < -0.3 is 32.2 Å². The average molecular weight is 319 g/mol. The van der Waals surface area contributed by atoms with E-state index in [0.29, 0.717) is 5.69 Å². The summed E-state index contributed by atoms with van der Waals surface area (Å²) in [6.07, 6.45) is 3.12. The molecule has 0 unspecified atom stereocenters. The number of aromatic amines is 1. The van der Waals surface area contributed by atoms with Gasteiger partial charge in [-0.05, 0) is 12.1 Å². The number of carbonyl (C=O) groups is 2.